The molecule has 0 spiro atoms. The number of pyridine rings is 2. The number of aldehydes is 3. The molecule has 0 amide bonds. The van der Waals surface area contributed by atoms with Gasteiger partial charge in [-0.3, -0.25) is 9.97 Å². The Balaban J connectivity index is 2.13. The average molecular weight is 398 g/mol. The minimum absolute atomic E-state index is 0.255. The Morgan fingerprint density at radius 2 is 1.24 bits per heavy atom. The van der Waals surface area contributed by atoms with E-state index in [9.17, 15) is 14.4 Å². The molecule has 29 heavy (non-hydrogen) atoms. The molecule has 0 aliphatic heterocycles. The Hall–Kier alpha value is -3.09. The number of carbonyl (C=O) groups is 3. The molecular formula is C22H26N2O5. The molecule has 2 heterocycles. The summed E-state index contributed by atoms with van der Waals surface area (Å²) < 4.78 is 10.9. The first-order valence-electron chi connectivity index (χ1n) is 9.68. The minimum Gasteiger partial charge on any atom is -0.494 e. The van der Waals surface area contributed by atoms with Crippen molar-refractivity contribution in [3.8, 4) is 11.5 Å². The summed E-state index contributed by atoms with van der Waals surface area (Å²) in [4.78, 5) is 43.5. The van der Waals surface area contributed by atoms with Crippen LogP contribution in [0.15, 0.2) is 36.7 Å². The van der Waals surface area contributed by atoms with E-state index in [2.05, 4.69) is 9.97 Å². The Morgan fingerprint density at radius 1 is 0.793 bits per heavy atom. The summed E-state index contributed by atoms with van der Waals surface area (Å²) in [5, 5.41) is 0. The molecular weight excluding hydrogens is 372 g/mol. The van der Waals surface area contributed by atoms with Crippen molar-refractivity contribution >= 4 is 18.9 Å². The SMILES string of the molecule is CCOc1ccnc(C(C=O)CC(C=O)CC(C=O)c2cc(OCC)ccn2)c1. The van der Waals surface area contributed by atoms with Gasteiger partial charge in [-0.25, -0.2) is 0 Å². The number of nitrogens with zero attached hydrogens (tertiary/aromatic N) is 2. The van der Waals surface area contributed by atoms with Gasteiger partial charge in [0.2, 0.25) is 0 Å². The predicted octanol–water partition coefficient (Wildman–Crippen LogP) is 3.13. The van der Waals surface area contributed by atoms with Gasteiger partial charge in [0.15, 0.2) is 0 Å². The Kier molecular flexibility index (Phi) is 8.95. The van der Waals surface area contributed by atoms with E-state index in [1.807, 2.05) is 13.8 Å². The van der Waals surface area contributed by atoms with E-state index in [-0.39, 0.29) is 12.8 Å². The fraction of sp³-hybridized carbons (Fsp3) is 0.409. The highest BCUT2D eigenvalue weighted by atomic mass is 16.5. The summed E-state index contributed by atoms with van der Waals surface area (Å²) in [5.41, 5.74) is 1.08. The van der Waals surface area contributed by atoms with Crippen molar-refractivity contribution in [2.24, 2.45) is 5.92 Å². The molecule has 7 heteroatoms. The van der Waals surface area contributed by atoms with Crippen LogP contribution >= 0.6 is 0 Å². The van der Waals surface area contributed by atoms with Gasteiger partial charge in [0.1, 0.15) is 30.4 Å². The zero-order valence-corrected chi connectivity index (χ0v) is 16.7. The van der Waals surface area contributed by atoms with Gasteiger partial charge in [-0.05, 0) is 38.8 Å². The standard InChI is InChI=1S/C22H26N2O5/c1-3-28-19-5-7-23-21(11-19)17(14-26)9-16(13-25)10-18(15-27)22-12-20(29-4-2)6-8-24-22/h5-8,11-18H,3-4,9-10H2,1-2H3. The fourth-order valence-electron chi connectivity index (χ4n) is 3.13. The van der Waals surface area contributed by atoms with Crippen LogP contribution in [-0.2, 0) is 14.4 Å². The van der Waals surface area contributed by atoms with E-state index < -0.39 is 17.8 Å². The molecule has 0 N–H and O–H groups in total. The molecule has 0 bridgehead atoms. The summed E-state index contributed by atoms with van der Waals surface area (Å²) in [6, 6.07) is 6.83. The monoisotopic (exact) mass is 398 g/mol. The largest absolute Gasteiger partial charge is 0.494 e. The third-order valence-corrected chi connectivity index (χ3v) is 4.52. The molecule has 2 aromatic heterocycles. The zero-order chi connectivity index (χ0) is 21.1. The number of carbonyl (C=O) groups excluding carboxylic acids is 3. The second-order valence-electron chi connectivity index (χ2n) is 6.55. The van der Waals surface area contributed by atoms with Crippen molar-refractivity contribution in [3.05, 3.63) is 48.0 Å². The van der Waals surface area contributed by atoms with Gasteiger partial charge >= 0.3 is 0 Å². The van der Waals surface area contributed by atoms with Gasteiger partial charge in [-0.2, -0.15) is 0 Å². The second-order valence-corrected chi connectivity index (χ2v) is 6.55. The third-order valence-electron chi connectivity index (χ3n) is 4.52. The van der Waals surface area contributed by atoms with E-state index >= 15 is 0 Å². The average Bonchev–Trinajstić information content (AvgIpc) is 2.75. The lowest BCUT2D eigenvalue weighted by Crippen LogP contribution is -2.16. The highest BCUT2D eigenvalue weighted by Crippen LogP contribution is 2.29. The molecule has 0 aliphatic rings. The van der Waals surface area contributed by atoms with E-state index in [1.54, 1.807) is 36.7 Å². The van der Waals surface area contributed by atoms with Crippen LogP contribution < -0.4 is 9.47 Å². The van der Waals surface area contributed by atoms with Crippen LogP contribution in [0.4, 0.5) is 0 Å². The van der Waals surface area contributed by atoms with Gasteiger partial charge in [-0.1, -0.05) is 0 Å². The van der Waals surface area contributed by atoms with Crippen LogP contribution in [0, 0.1) is 5.92 Å². The lowest BCUT2D eigenvalue weighted by Gasteiger charge is -2.19. The first kappa shape index (κ1) is 22.2. The summed E-state index contributed by atoms with van der Waals surface area (Å²) >= 11 is 0. The maximum absolute atomic E-state index is 11.7. The van der Waals surface area contributed by atoms with Crippen LogP contribution in [0.5, 0.6) is 11.5 Å². The molecule has 0 aromatic carbocycles. The van der Waals surface area contributed by atoms with E-state index in [0.717, 1.165) is 18.9 Å². The topological polar surface area (TPSA) is 95.5 Å². The van der Waals surface area contributed by atoms with Gasteiger partial charge < -0.3 is 23.9 Å². The molecule has 7 nitrogen and oxygen atoms in total. The predicted molar refractivity (Wildman–Crippen MR) is 107 cm³/mol. The molecule has 2 rings (SSSR count). The molecule has 0 aliphatic carbocycles. The third kappa shape index (κ3) is 6.48. The van der Waals surface area contributed by atoms with Crippen molar-refractivity contribution < 1.29 is 23.9 Å². The van der Waals surface area contributed by atoms with Crippen LogP contribution in [-0.4, -0.2) is 42.0 Å². The smallest absolute Gasteiger partial charge is 0.129 e. The minimum atomic E-state index is -0.569. The molecule has 2 atom stereocenters. The summed E-state index contributed by atoms with van der Waals surface area (Å²) in [6.45, 7) is 4.74. The molecule has 0 saturated carbocycles. The molecule has 0 fully saturated rings. The molecule has 0 radical (unpaired) electrons. The maximum atomic E-state index is 11.7. The summed E-state index contributed by atoms with van der Waals surface area (Å²) in [6.07, 6.45) is 5.99. The quantitative estimate of drug-likeness (QED) is 0.478. The second kappa shape index (κ2) is 11.7. The van der Waals surface area contributed by atoms with E-state index in [4.69, 9.17) is 9.47 Å². The first-order chi connectivity index (χ1) is 14.1. The van der Waals surface area contributed by atoms with E-state index in [0.29, 0.717) is 36.1 Å². The number of ether oxygens (including phenoxy) is 2. The van der Waals surface area contributed by atoms with Crippen LogP contribution in [0.3, 0.4) is 0 Å². The van der Waals surface area contributed by atoms with Crippen LogP contribution in [0.25, 0.3) is 0 Å². The number of hydrogen-bond acceptors (Lipinski definition) is 7. The van der Waals surface area contributed by atoms with Crippen molar-refractivity contribution in [1.29, 1.82) is 0 Å². The van der Waals surface area contributed by atoms with Crippen LogP contribution in [0.1, 0.15) is 49.9 Å². The highest BCUT2D eigenvalue weighted by Gasteiger charge is 2.24. The van der Waals surface area contributed by atoms with Gasteiger partial charge in [0.25, 0.3) is 0 Å². The first-order valence-corrected chi connectivity index (χ1v) is 9.68. The van der Waals surface area contributed by atoms with Crippen LogP contribution in [0.2, 0.25) is 0 Å². The van der Waals surface area contributed by atoms with Gasteiger partial charge in [-0.15, -0.1) is 0 Å². The van der Waals surface area contributed by atoms with Crippen molar-refractivity contribution in [1.82, 2.24) is 9.97 Å². The Labute approximate surface area is 170 Å². The lowest BCUT2D eigenvalue weighted by atomic mass is 9.86. The maximum Gasteiger partial charge on any atom is 0.129 e. The number of aromatic nitrogens is 2. The zero-order valence-electron chi connectivity index (χ0n) is 16.7. The fourth-order valence-corrected chi connectivity index (χ4v) is 3.13. The normalized spacial score (nSPS) is 13.7. The molecule has 2 unspecified atom stereocenters. The number of hydrogen-bond donors (Lipinski definition) is 0. The molecule has 2 aromatic rings. The summed E-state index contributed by atoms with van der Waals surface area (Å²) in [5.74, 6) is -0.402. The Morgan fingerprint density at radius 3 is 1.59 bits per heavy atom. The van der Waals surface area contributed by atoms with E-state index in [1.165, 1.54) is 0 Å². The van der Waals surface area contributed by atoms with Crippen molar-refractivity contribution in [2.45, 2.75) is 38.5 Å². The lowest BCUT2D eigenvalue weighted by molar-refractivity contribution is -0.113. The molecule has 154 valence electrons. The Bertz CT molecular complexity index is 748. The molecule has 0 saturated heterocycles. The summed E-state index contributed by atoms with van der Waals surface area (Å²) in [7, 11) is 0. The number of rotatable bonds is 13. The van der Waals surface area contributed by atoms with Gasteiger partial charge in [0, 0.05) is 30.4 Å². The van der Waals surface area contributed by atoms with Gasteiger partial charge in [0.05, 0.1) is 36.4 Å². The van der Waals surface area contributed by atoms with Crippen molar-refractivity contribution in [3.63, 3.8) is 0 Å². The highest BCUT2D eigenvalue weighted by molar-refractivity contribution is 5.66. The van der Waals surface area contributed by atoms with Crippen molar-refractivity contribution in [2.75, 3.05) is 13.2 Å².